The van der Waals surface area contributed by atoms with Gasteiger partial charge in [-0.05, 0) is 18.8 Å². The molecule has 1 saturated carbocycles. The Bertz CT molecular complexity index is 322. The normalized spacial score (nSPS) is 23.2. The number of thiazole rings is 1. The summed E-state index contributed by atoms with van der Waals surface area (Å²) in [4.78, 5) is 5.92. The molecule has 1 aromatic rings. The third kappa shape index (κ3) is 1.47. The van der Waals surface area contributed by atoms with E-state index in [0.717, 1.165) is 24.6 Å². The molecule has 3 rings (SSSR count). The smallest absolute Gasteiger partial charge is 0.110 e. The van der Waals surface area contributed by atoms with Gasteiger partial charge in [-0.15, -0.1) is 11.3 Å². The first-order valence-electron chi connectivity index (χ1n) is 5.16. The van der Waals surface area contributed by atoms with E-state index in [9.17, 15) is 0 Å². The Balaban J connectivity index is 1.87. The van der Waals surface area contributed by atoms with Gasteiger partial charge in [0.2, 0.25) is 0 Å². The molecule has 1 aliphatic heterocycles. The van der Waals surface area contributed by atoms with E-state index >= 15 is 0 Å². The lowest BCUT2D eigenvalue weighted by molar-refractivity contribution is 0.112. The van der Waals surface area contributed by atoms with Crippen molar-refractivity contribution in [3.05, 3.63) is 15.6 Å². The largest absolute Gasteiger partial charge is 0.375 e. The van der Waals surface area contributed by atoms with Crippen molar-refractivity contribution >= 4 is 11.3 Å². The Labute approximate surface area is 87.3 Å². The molecule has 2 aliphatic rings. The lowest BCUT2D eigenvalue weighted by atomic mass is 10.2. The molecule has 1 aliphatic carbocycles. The van der Waals surface area contributed by atoms with Gasteiger partial charge in [-0.2, -0.15) is 0 Å². The molecule has 76 valence electrons. The van der Waals surface area contributed by atoms with Crippen LogP contribution < -0.4 is 5.73 Å². The predicted molar refractivity (Wildman–Crippen MR) is 55.1 cm³/mol. The minimum Gasteiger partial charge on any atom is -0.375 e. The molecule has 1 unspecified atom stereocenters. The summed E-state index contributed by atoms with van der Waals surface area (Å²) in [7, 11) is 0. The molecule has 14 heavy (non-hydrogen) atoms. The minimum atomic E-state index is 0.186. The zero-order valence-corrected chi connectivity index (χ0v) is 8.85. The van der Waals surface area contributed by atoms with E-state index in [1.165, 1.54) is 23.4 Å². The van der Waals surface area contributed by atoms with Crippen LogP contribution in [0.2, 0.25) is 0 Å². The Kier molecular flexibility index (Phi) is 2.08. The summed E-state index contributed by atoms with van der Waals surface area (Å²) in [5.74, 6) is 0.698. The second-order valence-electron chi connectivity index (χ2n) is 4.09. The Morgan fingerprint density at radius 3 is 3.07 bits per heavy atom. The van der Waals surface area contributed by atoms with Crippen LogP contribution in [0.25, 0.3) is 0 Å². The molecule has 1 atom stereocenters. The number of nitrogens with two attached hydrogens (primary N) is 1. The van der Waals surface area contributed by atoms with E-state index < -0.39 is 0 Å². The highest BCUT2D eigenvalue weighted by Crippen LogP contribution is 2.41. The second-order valence-corrected chi connectivity index (χ2v) is 5.20. The van der Waals surface area contributed by atoms with Crippen molar-refractivity contribution in [2.75, 3.05) is 6.61 Å². The Morgan fingerprint density at radius 1 is 1.50 bits per heavy atom. The molecular weight excluding hydrogens is 196 g/mol. The maximum atomic E-state index is 6.12. The zero-order chi connectivity index (χ0) is 9.54. The van der Waals surface area contributed by atoms with E-state index in [0.29, 0.717) is 5.92 Å². The summed E-state index contributed by atoms with van der Waals surface area (Å²) in [5, 5.41) is 1.13. The topological polar surface area (TPSA) is 48.1 Å². The van der Waals surface area contributed by atoms with E-state index in [1.54, 1.807) is 11.3 Å². The fourth-order valence-corrected chi connectivity index (χ4v) is 2.99. The highest BCUT2D eigenvalue weighted by Gasteiger charge is 2.32. The van der Waals surface area contributed by atoms with Crippen molar-refractivity contribution in [3.63, 3.8) is 0 Å². The standard InChI is InChI=1S/C10H14N2OS/c11-9(6-1-2-6)10-12-7-3-4-13-5-8(7)14-10/h6,9H,1-5,11H2. The fraction of sp³-hybridized carbons (Fsp3) is 0.700. The van der Waals surface area contributed by atoms with Gasteiger partial charge in [-0.3, -0.25) is 0 Å². The van der Waals surface area contributed by atoms with Crippen molar-refractivity contribution in [1.29, 1.82) is 0 Å². The monoisotopic (exact) mass is 210 g/mol. The fourth-order valence-electron chi connectivity index (χ4n) is 1.84. The van der Waals surface area contributed by atoms with E-state index in [-0.39, 0.29) is 6.04 Å². The summed E-state index contributed by atoms with van der Waals surface area (Å²) >= 11 is 1.75. The van der Waals surface area contributed by atoms with Crippen LogP contribution in [0.1, 0.15) is 34.5 Å². The quantitative estimate of drug-likeness (QED) is 0.807. The number of ether oxygens (including phenoxy) is 1. The molecule has 0 radical (unpaired) electrons. The first kappa shape index (κ1) is 8.83. The number of fused-ring (bicyclic) bond motifs is 1. The highest BCUT2D eigenvalue weighted by molar-refractivity contribution is 7.11. The number of hydrogen-bond acceptors (Lipinski definition) is 4. The molecule has 3 nitrogen and oxygen atoms in total. The van der Waals surface area contributed by atoms with Crippen molar-refractivity contribution < 1.29 is 4.74 Å². The van der Waals surface area contributed by atoms with Gasteiger partial charge >= 0.3 is 0 Å². The first-order chi connectivity index (χ1) is 6.84. The summed E-state index contributed by atoms with van der Waals surface area (Å²) in [6.45, 7) is 1.55. The molecule has 0 bridgehead atoms. The second kappa shape index (κ2) is 3.29. The van der Waals surface area contributed by atoms with Gasteiger partial charge in [0, 0.05) is 6.42 Å². The zero-order valence-electron chi connectivity index (χ0n) is 8.03. The van der Waals surface area contributed by atoms with Crippen LogP contribution in [0, 0.1) is 5.92 Å². The molecule has 4 heteroatoms. The molecule has 2 N–H and O–H groups in total. The molecule has 0 aromatic carbocycles. The first-order valence-corrected chi connectivity index (χ1v) is 5.98. The summed E-state index contributed by atoms with van der Waals surface area (Å²) in [6, 6.07) is 0.186. The molecular formula is C10H14N2OS. The molecule has 0 amide bonds. The molecule has 0 saturated heterocycles. The number of aromatic nitrogens is 1. The van der Waals surface area contributed by atoms with E-state index in [4.69, 9.17) is 10.5 Å². The summed E-state index contributed by atoms with van der Waals surface area (Å²) in [6.07, 6.45) is 3.52. The third-order valence-corrected chi connectivity index (χ3v) is 4.10. The van der Waals surface area contributed by atoms with Crippen molar-refractivity contribution in [2.45, 2.75) is 31.9 Å². The maximum absolute atomic E-state index is 6.12. The lowest BCUT2D eigenvalue weighted by Crippen LogP contribution is -2.12. The van der Waals surface area contributed by atoms with Gasteiger partial charge in [0.15, 0.2) is 0 Å². The van der Waals surface area contributed by atoms with E-state index in [2.05, 4.69) is 4.98 Å². The van der Waals surface area contributed by atoms with Gasteiger partial charge < -0.3 is 10.5 Å². The minimum absolute atomic E-state index is 0.186. The van der Waals surface area contributed by atoms with Crippen molar-refractivity contribution in [1.82, 2.24) is 4.98 Å². The Hall–Kier alpha value is -0.450. The van der Waals surface area contributed by atoms with Gasteiger partial charge in [0.1, 0.15) is 5.01 Å². The van der Waals surface area contributed by atoms with Crippen LogP contribution in [0.15, 0.2) is 0 Å². The van der Waals surface area contributed by atoms with Crippen molar-refractivity contribution in [3.8, 4) is 0 Å². The van der Waals surface area contributed by atoms with Gasteiger partial charge in [-0.1, -0.05) is 0 Å². The summed E-state index contributed by atoms with van der Waals surface area (Å²) < 4.78 is 5.39. The molecule has 0 spiro atoms. The maximum Gasteiger partial charge on any atom is 0.110 e. The number of rotatable bonds is 2. The lowest BCUT2D eigenvalue weighted by Gasteiger charge is -2.08. The predicted octanol–water partition coefficient (Wildman–Crippen LogP) is 1.63. The summed E-state index contributed by atoms with van der Waals surface area (Å²) in [5.41, 5.74) is 7.35. The highest BCUT2D eigenvalue weighted by atomic mass is 32.1. The number of nitrogens with zero attached hydrogens (tertiary/aromatic N) is 1. The van der Waals surface area contributed by atoms with Gasteiger partial charge in [0.05, 0.1) is 29.8 Å². The van der Waals surface area contributed by atoms with Crippen LogP contribution in [0.4, 0.5) is 0 Å². The average molecular weight is 210 g/mol. The SMILES string of the molecule is NC(c1nc2c(s1)COCC2)C1CC1. The Morgan fingerprint density at radius 2 is 2.36 bits per heavy atom. The van der Waals surface area contributed by atoms with E-state index in [1.807, 2.05) is 0 Å². The molecule has 1 aromatic heterocycles. The van der Waals surface area contributed by atoms with Gasteiger partial charge in [0.25, 0.3) is 0 Å². The van der Waals surface area contributed by atoms with Crippen LogP contribution in [-0.4, -0.2) is 11.6 Å². The third-order valence-electron chi connectivity index (χ3n) is 2.93. The van der Waals surface area contributed by atoms with Crippen LogP contribution >= 0.6 is 11.3 Å². The average Bonchev–Trinajstić information content (AvgIpc) is 2.95. The molecule has 1 fully saturated rings. The van der Waals surface area contributed by atoms with Crippen molar-refractivity contribution in [2.24, 2.45) is 11.7 Å². The van der Waals surface area contributed by atoms with Crippen LogP contribution in [-0.2, 0) is 17.8 Å². The number of hydrogen-bond donors (Lipinski definition) is 1. The van der Waals surface area contributed by atoms with Gasteiger partial charge in [-0.25, -0.2) is 4.98 Å². The van der Waals surface area contributed by atoms with Crippen LogP contribution in [0.3, 0.4) is 0 Å². The van der Waals surface area contributed by atoms with Crippen LogP contribution in [0.5, 0.6) is 0 Å². The molecule has 2 heterocycles.